The molecule has 0 aliphatic heterocycles. The first-order valence-electron chi connectivity index (χ1n) is 6.87. The van der Waals surface area contributed by atoms with Crippen LogP contribution in [-0.2, 0) is 10.2 Å². The maximum atomic E-state index is 11.3. The van der Waals surface area contributed by atoms with Crippen molar-refractivity contribution in [3.63, 3.8) is 0 Å². The van der Waals surface area contributed by atoms with E-state index in [-0.39, 0.29) is 12.0 Å². The maximum Gasteiger partial charge on any atom is 0.327 e. The summed E-state index contributed by atoms with van der Waals surface area (Å²) in [6.45, 7) is 7.85. The second-order valence-corrected chi connectivity index (χ2v) is 6.29. The molecule has 0 aromatic heterocycles. The third kappa shape index (κ3) is 4.11. The van der Waals surface area contributed by atoms with Crippen LogP contribution < -0.4 is 14.8 Å². The Hall–Kier alpha value is -1.75. The summed E-state index contributed by atoms with van der Waals surface area (Å²) in [7, 11) is 3.22. The first kappa shape index (κ1) is 17.3. The minimum Gasteiger partial charge on any atom is -0.497 e. The SMILES string of the molecule is CNC(C)(COc1ccc(OC)cc1C(C)(C)C)C(=O)O. The number of carboxylic acid groups (broad SMARTS) is 1. The number of rotatable bonds is 6. The number of carboxylic acids is 1. The van der Waals surface area contributed by atoms with Crippen molar-refractivity contribution in [2.45, 2.75) is 38.6 Å². The predicted octanol–water partition coefficient (Wildman–Crippen LogP) is 2.43. The highest BCUT2D eigenvalue weighted by atomic mass is 16.5. The van der Waals surface area contributed by atoms with E-state index in [2.05, 4.69) is 26.1 Å². The van der Waals surface area contributed by atoms with Crippen molar-refractivity contribution in [3.05, 3.63) is 23.8 Å². The van der Waals surface area contributed by atoms with Gasteiger partial charge in [-0.1, -0.05) is 20.8 Å². The molecule has 0 saturated heterocycles. The van der Waals surface area contributed by atoms with Gasteiger partial charge in [0.25, 0.3) is 0 Å². The molecule has 118 valence electrons. The van der Waals surface area contributed by atoms with Crippen molar-refractivity contribution in [3.8, 4) is 11.5 Å². The van der Waals surface area contributed by atoms with Crippen molar-refractivity contribution in [1.82, 2.24) is 5.32 Å². The number of carbonyl (C=O) groups is 1. The molecule has 1 rings (SSSR count). The van der Waals surface area contributed by atoms with Crippen LogP contribution in [0.25, 0.3) is 0 Å². The zero-order valence-electron chi connectivity index (χ0n) is 13.6. The number of nitrogens with one attached hydrogen (secondary N) is 1. The molecule has 0 spiro atoms. The lowest BCUT2D eigenvalue weighted by Gasteiger charge is -2.27. The Morgan fingerprint density at radius 3 is 2.33 bits per heavy atom. The largest absolute Gasteiger partial charge is 0.497 e. The molecule has 21 heavy (non-hydrogen) atoms. The van der Waals surface area contributed by atoms with E-state index in [0.29, 0.717) is 5.75 Å². The fourth-order valence-corrected chi connectivity index (χ4v) is 1.81. The first-order valence-corrected chi connectivity index (χ1v) is 6.87. The molecule has 0 fully saturated rings. The van der Waals surface area contributed by atoms with Gasteiger partial charge in [0, 0.05) is 5.56 Å². The highest BCUT2D eigenvalue weighted by Gasteiger charge is 2.33. The summed E-state index contributed by atoms with van der Waals surface area (Å²) in [5.74, 6) is 0.476. The molecule has 0 bridgehead atoms. The zero-order valence-corrected chi connectivity index (χ0v) is 13.6. The minimum absolute atomic E-state index is 0.0360. The van der Waals surface area contributed by atoms with Crippen LogP contribution in [0.2, 0.25) is 0 Å². The molecule has 0 saturated carbocycles. The molecule has 1 unspecified atom stereocenters. The van der Waals surface area contributed by atoms with E-state index in [1.807, 2.05) is 18.2 Å². The number of hydrogen-bond acceptors (Lipinski definition) is 4. The van der Waals surface area contributed by atoms with Gasteiger partial charge in [-0.05, 0) is 37.6 Å². The van der Waals surface area contributed by atoms with Gasteiger partial charge in [0.1, 0.15) is 23.6 Å². The van der Waals surface area contributed by atoms with E-state index in [0.717, 1.165) is 11.3 Å². The van der Waals surface area contributed by atoms with E-state index in [4.69, 9.17) is 9.47 Å². The van der Waals surface area contributed by atoms with E-state index in [9.17, 15) is 9.90 Å². The van der Waals surface area contributed by atoms with Crippen molar-refractivity contribution >= 4 is 5.97 Å². The normalized spacial score (nSPS) is 14.4. The summed E-state index contributed by atoms with van der Waals surface area (Å²) in [4.78, 5) is 11.3. The molecule has 5 nitrogen and oxygen atoms in total. The average Bonchev–Trinajstić information content (AvgIpc) is 2.43. The number of hydrogen-bond donors (Lipinski definition) is 2. The van der Waals surface area contributed by atoms with Gasteiger partial charge in [0.05, 0.1) is 7.11 Å². The highest BCUT2D eigenvalue weighted by Crippen LogP contribution is 2.34. The molecular weight excluding hydrogens is 270 g/mol. The van der Waals surface area contributed by atoms with Gasteiger partial charge in [-0.25, -0.2) is 0 Å². The van der Waals surface area contributed by atoms with E-state index in [1.54, 1.807) is 21.1 Å². The van der Waals surface area contributed by atoms with Crippen molar-refractivity contribution in [2.75, 3.05) is 20.8 Å². The van der Waals surface area contributed by atoms with Gasteiger partial charge in [-0.2, -0.15) is 0 Å². The van der Waals surface area contributed by atoms with Crippen LogP contribution in [0.4, 0.5) is 0 Å². The molecule has 0 radical (unpaired) electrons. The Bertz CT molecular complexity index is 507. The number of benzene rings is 1. The van der Waals surface area contributed by atoms with Crippen LogP contribution in [0.3, 0.4) is 0 Å². The number of likely N-dealkylation sites (N-methyl/N-ethyl adjacent to an activating group) is 1. The Morgan fingerprint density at radius 2 is 1.90 bits per heavy atom. The maximum absolute atomic E-state index is 11.3. The van der Waals surface area contributed by atoms with Crippen LogP contribution in [0.15, 0.2) is 18.2 Å². The quantitative estimate of drug-likeness (QED) is 0.843. The summed E-state index contributed by atoms with van der Waals surface area (Å²) >= 11 is 0. The fourth-order valence-electron chi connectivity index (χ4n) is 1.81. The van der Waals surface area contributed by atoms with Gasteiger partial charge in [0.15, 0.2) is 0 Å². The smallest absolute Gasteiger partial charge is 0.327 e. The van der Waals surface area contributed by atoms with Crippen LogP contribution in [-0.4, -0.2) is 37.4 Å². The van der Waals surface area contributed by atoms with Gasteiger partial charge in [-0.3, -0.25) is 4.79 Å². The van der Waals surface area contributed by atoms with Crippen molar-refractivity contribution < 1.29 is 19.4 Å². The van der Waals surface area contributed by atoms with Crippen LogP contribution in [0.5, 0.6) is 11.5 Å². The average molecular weight is 295 g/mol. The van der Waals surface area contributed by atoms with Gasteiger partial charge in [0.2, 0.25) is 0 Å². The lowest BCUT2D eigenvalue weighted by Crippen LogP contribution is -2.52. The van der Waals surface area contributed by atoms with E-state index in [1.165, 1.54) is 0 Å². The molecule has 0 amide bonds. The van der Waals surface area contributed by atoms with Crippen LogP contribution in [0, 0.1) is 0 Å². The Morgan fingerprint density at radius 1 is 1.29 bits per heavy atom. The van der Waals surface area contributed by atoms with Gasteiger partial charge >= 0.3 is 5.97 Å². The number of methoxy groups -OCH3 is 1. The monoisotopic (exact) mass is 295 g/mol. The number of ether oxygens (including phenoxy) is 2. The number of aliphatic carboxylic acids is 1. The molecule has 1 aromatic rings. The predicted molar refractivity (Wildman–Crippen MR) is 82.3 cm³/mol. The Labute approximate surface area is 126 Å². The molecular formula is C16H25NO4. The van der Waals surface area contributed by atoms with Gasteiger partial charge < -0.3 is 19.9 Å². The van der Waals surface area contributed by atoms with Crippen LogP contribution >= 0.6 is 0 Å². The molecule has 5 heteroatoms. The summed E-state index contributed by atoms with van der Waals surface area (Å²) in [6, 6.07) is 5.55. The Kier molecular flexibility index (Phi) is 5.23. The van der Waals surface area contributed by atoms with Gasteiger partial charge in [-0.15, -0.1) is 0 Å². The topological polar surface area (TPSA) is 67.8 Å². The van der Waals surface area contributed by atoms with Crippen molar-refractivity contribution in [1.29, 1.82) is 0 Å². The van der Waals surface area contributed by atoms with Crippen molar-refractivity contribution in [2.24, 2.45) is 0 Å². The van der Waals surface area contributed by atoms with E-state index < -0.39 is 11.5 Å². The van der Waals surface area contributed by atoms with E-state index >= 15 is 0 Å². The molecule has 0 aliphatic carbocycles. The highest BCUT2D eigenvalue weighted by molar-refractivity contribution is 5.78. The molecule has 1 aromatic carbocycles. The summed E-state index contributed by atoms with van der Waals surface area (Å²) in [6.07, 6.45) is 0. The second-order valence-electron chi connectivity index (χ2n) is 6.29. The second kappa shape index (κ2) is 6.35. The first-order chi connectivity index (χ1) is 9.64. The lowest BCUT2D eigenvalue weighted by atomic mass is 9.86. The lowest BCUT2D eigenvalue weighted by molar-refractivity contribution is -0.145. The van der Waals surface area contributed by atoms with Crippen LogP contribution in [0.1, 0.15) is 33.3 Å². The molecule has 2 N–H and O–H groups in total. The molecule has 0 heterocycles. The summed E-state index contributed by atoms with van der Waals surface area (Å²) < 4.78 is 11.0. The minimum atomic E-state index is -1.13. The third-order valence-electron chi connectivity index (χ3n) is 3.53. The molecule has 0 aliphatic rings. The fraction of sp³-hybridized carbons (Fsp3) is 0.562. The third-order valence-corrected chi connectivity index (χ3v) is 3.53. The Balaban J connectivity index is 3.06. The summed E-state index contributed by atoms with van der Waals surface area (Å²) in [5, 5.41) is 12.0. The molecule has 1 atom stereocenters. The zero-order chi connectivity index (χ0) is 16.3. The summed E-state index contributed by atoms with van der Waals surface area (Å²) in [5.41, 5.74) is -0.288. The standard InChI is InChI=1S/C16H25NO4/c1-15(2,3)12-9-11(20-6)7-8-13(12)21-10-16(4,17-5)14(18)19/h7-9,17H,10H2,1-6H3,(H,18,19).